The van der Waals surface area contributed by atoms with Crippen molar-refractivity contribution in [2.45, 2.75) is 174 Å². The predicted molar refractivity (Wildman–Crippen MR) is 149 cm³/mol. The summed E-state index contributed by atoms with van der Waals surface area (Å²) < 4.78 is 0. The molecule has 0 aromatic carbocycles. The van der Waals surface area contributed by atoms with E-state index in [-0.39, 0.29) is 11.6 Å². The van der Waals surface area contributed by atoms with Crippen LogP contribution in [-0.4, -0.2) is 34.5 Å². The third-order valence-corrected chi connectivity index (χ3v) is 7.37. The van der Waals surface area contributed by atoms with Crippen LogP contribution in [0.2, 0.25) is 0 Å². The van der Waals surface area contributed by atoms with Crippen molar-refractivity contribution in [3.63, 3.8) is 0 Å². The Labute approximate surface area is 218 Å². The van der Waals surface area contributed by atoms with E-state index in [1.54, 1.807) is 0 Å². The zero-order valence-corrected chi connectivity index (χ0v) is 23.5. The molecule has 0 radical (unpaired) electrons. The number of ketones is 2. The fourth-order valence-corrected chi connectivity index (χ4v) is 4.86. The van der Waals surface area contributed by atoms with Crippen LogP contribution in [0.1, 0.15) is 168 Å². The van der Waals surface area contributed by atoms with E-state index in [2.05, 4.69) is 13.8 Å². The maximum absolute atomic E-state index is 12.5. The Kier molecular flexibility index (Phi) is 25.8. The smallest absolute Gasteiger partial charge is 0.162 e. The first-order valence-electron chi connectivity index (χ1n) is 15.4. The van der Waals surface area contributed by atoms with Crippen LogP contribution in [0.25, 0.3) is 0 Å². The van der Waals surface area contributed by atoms with E-state index in [4.69, 9.17) is 0 Å². The molecular weight excluding hydrogens is 436 g/mol. The molecule has 2 N–H and O–H groups in total. The lowest BCUT2D eigenvalue weighted by Gasteiger charge is -2.19. The summed E-state index contributed by atoms with van der Waals surface area (Å²) in [6.45, 7) is 4.04. The molecule has 0 aromatic rings. The fraction of sp³-hybridized carbons (Fsp3) is 0.935. The van der Waals surface area contributed by atoms with Crippen LogP contribution in [0.15, 0.2) is 0 Å². The average Bonchev–Trinajstić information content (AvgIpc) is 2.86. The summed E-state index contributed by atoms with van der Waals surface area (Å²) in [4.78, 5) is 24.8. The quantitative estimate of drug-likeness (QED) is 0.106. The minimum Gasteiger partial charge on any atom is -0.396 e. The van der Waals surface area contributed by atoms with Crippen molar-refractivity contribution in [1.82, 2.24) is 0 Å². The number of Topliss-reactive ketones (excluding diaryl/α,β-unsaturated/α-hetero) is 2. The highest BCUT2D eigenvalue weighted by Crippen LogP contribution is 2.17. The molecule has 0 bridgehead atoms. The number of hydrogen-bond donors (Lipinski definition) is 2. The molecule has 0 aromatic heterocycles. The van der Waals surface area contributed by atoms with Gasteiger partial charge in [0.1, 0.15) is 11.9 Å². The van der Waals surface area contributed by atoms with E-state index in [0.717, 1.165) is 38.5 Å². The van der Waals surface area contributed by atoms with Gasteiger partial charge in [0.2, 0.25) is 0 Å². The van der Waals surface area contributed by atoms with Gasteiger partial charge in [0, 0.05) is 12.8 Å². The summed E-state index contributed by atoms with van der Waals surface area (Å²) in [7, 11) is 0. The zero-order valence-electron chi connectivity index (χ0n) is 23.5. The number of aliphatic hydroxyl groups is 2. The Balaban J connectivity index is 3.77. The van der Waals surface area contributed by atoms with Gasteiger partial charge in [-0.05, 0) is 12.8 Å². The Morgan fingerprint density at radius 1 is 0.486 bits per heavy atom. The molecular formula is C31H60O4. The van der Waals surface area contributed by atoms with Gasteiger partial charge >= 0.3 is 0 Å². The zero-order chi connectivity index (χ0) is 26.0. The van der Waals surface area contributed by atoms with Gasteiger partial charge in [0.25, 0.3) is 0 Å². The molecule has 0 saturated heterocycles. The van der Waals surface area contributed by atoms with E-state index in [9.17, 15) is 19.8 Å². The molecule has 2 unspecified atom stereocenters. The van der Waals surface area contributed by atoms with Gasteiger partial charge in [-0.3, -0.25) is 9.59 Å². The second kappa shape index (κ2) is 26.3. The third-order valence-electron chi connectivity index (χ3n) is 7.37. The van der Waals surface area contributed by atoms with E-state index in [1.165, 1.54) is 103 Å². The maximum Gasteiger partial charge on any atom is 0.162 e. The lowest BCUT2D eigenvalue weighted by atomic mass is 9.90. The van der Waals surface area contributed by atoms with E-state index in [1.807, 2.05) is 0 Å². The highest BCUT2D eigenvalue weighted by atomic mass is 16.3. The molecule has 0 rings (SSSR count). The summed E-state index contributed by atoms with van der Waals surface area (Å²) in [5.41, 5.74) is 0. The number of carbonyl (C=O) groups excluding carboxylic acids is 2. The maximum atomic E-state index is 12.5. The molecule has 35 heavy (non-hydrogen) atoms. The molecule has 2 atom stereocenters. The first-order chi connectivity index (χ1) is 17.1. The van der Waals surface area contributed by atoms with Gasteiger partial charge < -0.3 is 10.2 Å². The number of carbonyl (C=O) groups is 2. The second-order valence-electron chi connectivity index (χ2n) is 10.7. The second-order valence-corrected chi connectivity index (χ2v) is 10.7. The van der Waals surface area contributed by atoms with Crippen LogP contribution in [0, 0.1) is 5.92 Å². The van der Waals surface area contributed by atoms with E-state index >= 15 is 0 Å². The van der Waals surface area contributed by atoms with E-state index < -0.39 is 18.6 Å². The highest BCUT2D eigenvalue weighted by Gasteiger charge is 2.30. The van der Waals surface area contributed by atoms with Crippen molar-refractivity contribution in [3.05, 3.63) is 0 Å². The van der Waals surface area contributed by atoms with Crippen molar-refractivity contribution in [1.29, 1.82) is 0 Å². The molecule has 0 aliphatic carbocycles. The van der Waals surface area contributed by atoms with Gasteiger partial charge in [-0.1, -0.05) is 142 Å². The Morgan fingerprint density at radius 3 is 1.09 bits per heavy atom. The van der Waals surface area contributed by atoms with Crippen LogP contribution in [0.4, 0.5) is 0 Å². The minimum atomic E-state index is -1.34. The first kappa shape index (κ1) is 34.3. The number of hydrogen-bond acceptors (Lipinski definition) is 4. The van der Waals surface area contributed by atoms with Crippen molar-refractivity contribution in [3.8, 4) is 0 Å². The molecule has 0 saturated carbocycles. The van der Waals surface area contributed by atoms with Gasteiger partial charge in [0.15, 0.2) is 5.78 Å². The van der Waals surface area contributed by atoms with Crippen molar-refractivity contribution >= 4 is 11.6 Å². The standard InChI is InChI=1S/C31H60O4/c1-3-5-7-9-11-13-15-17-19-21-23-25-29(33)28(27-32)31(35)30(34)26-24-22-20-18-16-14-12-10-8-6-4-2/h28,31-32,35H,3-27H2,1-2H3. The van der Waals surface area contributed by atoms with E-state index in [0.29, 0.717) is 12.8 Å². The van der Waals surface area contributed by atoms with Crippen molar-refractivity contribution in [2.24, 2.45) is 5.92 Å². The number of unbranched alkanes of at least 4 members (excludes halogenated alkanes) is 20. The van der Waals surface area contributed by atoms with Gasteiger partial charge in [-0.15, -0.1) is 0 Å². The van der Waals surface area contributed by atoms with Crippen LogP contribution < -0.4 is 0 Å². The third kappa shape index (κ3) is 21.1. The normalized spacial score (nSPS) is 13.1. The predicted octanol–water partition coefficient (Wildman–Crippen LogP) is 8.50. The molecule has 0 fully saturated rings. The Bertz CT molecular complexity index is 477. The number of rotatable bonds is 28. The molecule has 0 spiro atoms. The first-order valence-corrected chi connectivity index (χ1v) is 15.4. The van der Waals surface area contributed by atoms with Gasteiger partial charge in [-0.25, -0.2) is 0 Å². The molecule has 4 heteroatoms. The average molecular weight is 497 g/mol. The van der Waals surface area contributed by atoms with Crippen molar-refractivity contribution in [2.75, 3.05) is 6.61 Å². The Hall–Kier alpha value is -0.740. The topological polar surface area (TPSA) is 74.6 Å². The summed E-state index contributed by atoms with van der Waals surface area (Å²) >= 11 is 0. The minimum absolute atomic E-state index is 0.164. The monoisotopic (exact) mass is 496 g/mol. The molecule has 0 aliphatic heterocycles. The number of aliphatic hydroxyl groups excluding tert-OH is 2. The summed E-state index contributed by atoms with van der Waals surface area (Å²) in [5, 5.41) is 20.0. The molecule has 208 valence electrons. The van der Waals surface area contributed by atoms with Gasteiger partial charge in [0.05, 0.1) is 12.5 Å². The lowest BCUT2D eigenvalue weighted by molar-refractivity contribution is -0.139. The van der Waals surface area contributed by atoms with Crippen LogP contribution >= 0.6 is 0 Å². The van der Waals surface area contributed by atoms with Crippen LogP contribution in [-0.2, 0) is 9.59 Å². The lowest BCUT2D eigenvalue weighted by Crippen LogP contribution is -2.37. The molecule has 0 aliphatic rings. The van der Waals surface area contributed by atoms with Gasteiger partial charge in [-0.2, -0.15) is 0 Å². The molecule has 0 heterocycles. The molecule has 0 amide bonds. The molecule has 4 nitrogen and oxygen atoms in total. The Morgan fingerprint density at radius 2 is 0.771 bits per heavy atom. The van der Waals surface area contributed by atoms with Crippen molar-refractivity contribution < 1.29 is 19.8 Å². The fourth-order valence-electron chi connectivity index (χ4n) is 4.86. The van der Waals surface area contributed by atoms with Crippen LogP contribution in [0.3, 0.4) is 0 Å². The summed E-state index contributed by atoms with van der Waals surface area (Å²) in [6.07, 6.45) is 26.1. The summed E-state index contributed by atoms with van der Waals surface area (Å²) in [5.74, 6) is -1.39. The SMILES string of the molecule is CCCCCCCCCCCCCC(=O)C(O)C(CO)C(=O)CCCCCCCCCCCCC. The highest BCUT2D eigenvalue weighted by molar-refractivity contribution is 5.91. The largest absolute Gasteiger partial charge is 0.396 e. The van der Waals surface area contributed by atoms with Crippen LogP contribution in [0.5, 0.6) is 0 Å². The summed E-state index contributed by atoms with van der Waals surface area (Å²) in [6, 6.07) is 0.